The molecule has 21 heavy (non-hydrogen) atoms. The Labute approximate surface area is 125 Å². The second-order valence-electron chi connectivity index (χ2n) is 5.64. The van der Waals surface area contributed by atoms with E-state index in [0.717, 1.165) is 38.3 Å². The van der Waals surface area contributed by atoms with E-state index < -0.39 is 6.03 Å². The van der Waals surface area contributed by atoms with Crippen molar-refractivity contribution < 1.29 is 9.59 Å². The van der Waals surface area contributed by atoms with Gasteiger partial charge in [-0.15, -0.1) is 0 Å². The van der Waals surface area contributed by atoms with Crippen LogP contribution in [-0.4, -0.2) is 36.5 Å². The molecule has 1 aromatic rings. The van der Waals surface area contributed by atoms with Crippen molar-refractivity contribution in [2.24, 2.45) is 11.7 Å². The predicted octanol–water partition coefficient (Wildman–Crippen LogP) is 1.53. The van der Waals surface area contributed by atoms with Crippen LogP contribution in [-0.2, 0) is 11.2 Å². The number of likely N-dealkylation sites (tertiary alicyclic amines) is 1. The fraction of sp³-hybridized carbons (Fsp3) is 0.500. The molecule has 0 atom stereocenters. The molecule has 0 bridgehead atoms. The average Bonchev–Trinajstić information content (AvgIpc) is 2.47. The van der Waals surface area contributed by atoms with Crippen molar-refractivity contribution in [1.29, 1.82) is 0 Å². The van der Waals surface area contributed by atoms with E-state index in [1.165, 1.54) is 5.56 Å². The van der Waals surface area contributed by atoms with Gasteiger partial charge in [-0.1, -0.05) is 30.3 Å². The van der Waals surface area contributed by atoms with Gasteiger partial charge in [-0.05, 0) is 43.8 Å². The Hall–Kier alpha value is -1.88. The lowest BCUT2D eigenvalue weighted by molar-refractivity contribution is -0.120. The standard InChI is InChI=1S/C16H23N3O2/c17-16(21)18-15(20)8-11-19-9-6-14(7-10-19)12-13-4-2-1-3-5-13/h1-5,14H,6-12H2,(H3,17,18,20,21). The topological polar surface area (TPSA) is 75.4 Å². The summed E-state index contributed by atoms with van der Waals surface area (Å²) in [5.74, 6) is 0.428. The third-order valence-electron chi connectivity index (χ3n) is 3.99. The van der Waals surface area contributed by atoms with Crippen molar-refractivity contribution in [3.63, 3.8) is 0 Å². The summed E-state index contributed by atoms with van der Waals surface area (Å²) >= 11 is 0. The highest BCUT2D eigenvalue weighted by molar-refractivity contribution is 5.93. The summed E-state index contributed by atoms with van der Waals surface area (Å²) in [5.41, 5.74) is 6.31. The van der Waals surface area contributed by atoms with Crippen LogP contribution < -0.4 is 11.1 Å². The maximum absolute atomic E-state index is 11.4. The number of carbonyl (C=O) groups excluding carboxylic acids is 2. The summed E-state index contributed by atoms with van der Waals surface area (Å²) < 4.78 is 0. The van der Waals surface area contributed by atoms with E-state index in [1.807, 2.05) is 6.07 Å². The molecule has 1 heterocycles. The van der Waals surface area contributed by atoms with Gasteiger partial charge in [0.1, 0.15) is 0 Å². The zero-order valence-corrected chi connectivity index (χ0v) is 12.3. The fourth-order valence-corrected chi connectivity index (χ4v) is 2.82. The number of nitrogens with zero attached hydrogens (tertiary/aromatic N) is 1. The van der Waals surface area contributed by atoms with Crippen molar-refractivity contribution in [1.82, 2.24) is 10.2 Å². The number of urea groups is 1. The van der Waals surface area contributed by atoms with Gasteiger partial charge in [0.15, 0.2) is 0 Å². The van der Waals surface area contributed by atoms with Crippen LogP contribution in [0.2, 0.25) is 0 Å². The first-order valence-electron chi connectivity index (χ1n) is 7.49. The maximum Gasteiger partial charge on any atom is 0.318 e. The third kappa shape index (κ3) is 5.55. The minimum Gasteiger partial charge on any atom is -0.351 e. The van der Waals surface area contributed by atoms with Crippen LogP contribution in [0, 0.1) is 5.92 Å². The Balaban J connectivity index is 1.66. The van der Waals surface area contributed by atoms with Gasteiger partial charge in [-0.3, -0.25) is 10.1 Å². The van der Waals surface area contributed by atoms with E-state index in [-0.39, 0.29) is 5.91 Å². The number of amides is 3. The number of nitrogens with two attached hydrogens (primary N) is 1. The Morgan fingerprint density at radius 2 is 1.86 bits per heavy atom. The molecule has 1 saturated heterocycles. The highest BCUT2D eigenvalue weighted by atomic mass is 16.2. The van der Waals surface area contributed by atoms with E-state index in [4.69, 9.17) is 5.73 Å². The van der Waals surface area contributed by atoms with Gasteiger partial charge in [-0.2, -0.15) is 0 Å². The SMILES string of the molecule is NC(=O)NC(=O)CCN1CCC(Cc2ccccc2)CC1. The second-order valence-corrected chi connectivity index (χ2v) is 5.64. The molecular formula is C16H23N3O2. The first-order chi connectivity index (χ1) is 10.1. The van der Waals surface area contributed by atoms with Crippen molar-refractivity contribution >= 4 is 11.9 Å². The molecule has 5 heteroatoms. The van der Waals surface area contributed by atoms with Crippen LogP contribution in [0.15, 0.2) is 30.3 Å². The van der Waals surface area contributed by atoms with Gasteiger partial charge in [-0.25, -0.2) is 4.79 Å². The lowest BCUT2D eigenvalue weighted by Gasteiger charge is -2.31. The van der Waals surface area contributed by atoms with Gasteiger partial charge in [0, 0.05) is 13.0 Å². The van der Waals surface area contributed by atoms with Gasteiger partial charge in [0.25, 0.3) is 0 Å². The lowest BCUT2D eigenvalue weighted by atomic mass is 9.90. The van der Waals surface area contributed by atoms with Crippen LogP contribution in [0.1, 0.15) is 24.8 Å². The molecule has 3 N–H and O–H groups in total. The molecule has 0 aromatic heterocycles. The highest BCUT2D eigenvalue weighted by Gasteiger charge is 2.19. The Bertz CT molecular complexity index is 468. The number of primary amides is 1. The van der Waals surface area contributed by atoms with Crippen LogP contribution in [0.5, 0.6) is 0 Å². The summed E-state index contributed by atoms with van der Waals surface area (Å²) in [5, 5.41) is 2.10. The molecule has 2 rings (SSSR count). The lowest BCUT2D eigenvalue weighted by Crippen LogP contribution is -2.39. The second kappa shape index (κ2) is 7.78. The molecular weight excluding hydrogens is 266 g/mol. The molecule has 114 valence electrons. The van der Waals surface area contributed by atoms with E-state index in [1.54, 1.807) is 0 Å². The van der Waals surface area contributed by atoms with Crippen LogP contribution >= 0.6 is 0 Å². The molecule has 1 aliphatic heterocycles. The number of imide groups is 1. The van der Waals surface area contributed by atoms with E-state index in [9.17, 15) is 9.59 Å². The predicted molar refractivity (Wildman–Crippen MR) is 81.7 cm³/mol. The Kier molecular flexibility index (Phi) is 5.75. The summed E-state index contributed by atoms with van der Waals surface area (Å²) in [4.78, 5) is 24.2. The van der Waals surface area contributed by atoms with Crippen molar-refractivity contribution in [2.75, 3.05) is 19.6 Å². The molecule has 0 aliphatic carbocycles. The van der Waals surface area contributed by atoms with E-state index >= 15 is 0 Å². The first-order valence-corrected chi connectivity index (χ1v) is 7.49. The maximum atomic E-state index is 11.4. The molecule has 0 saturated carbocycles. The van der Waals surface area contributed by atoms with Gasteiger partial charge in [0.05, 0.1) is 0 Å². The molecule has 0 unspecified atom stereocenters. The summed E-state index contributed by atoms with van der Waals surface area (Å²) in [6.45, 7) is 2.72. The molecule has 1 fully saturated rings. The van der Waals surface area contributed by atoms with Crippen LogP contribution in [0.25, 0.3) is 0 Å². The number of rotatable bonds is 5. The summed E-state index contributed by atoms with van der Waals surface area (Å²) in [6, 6.07) is 9.80. The van der Waals surface area contributed by atoms with E-state index in [2.05, 4.69) is 34.5 Å². The van der Waals surface area contributed by atoms with Gasteiger partial charge < -0.3 is 10.6 Å². The normalized spacial score (nSPS) is 16.6. The minimum absolute atomic E-state index is 0.297. The molecule has 1 aliphatic rings. The fourth-order valence-electron chi connectivity index (χ4n) is 2.82. The van der Waals surface area contributed by atoms with Crippen LogP contribution in [0.4, 0.5) is 4.79 Å². The van der Waals surface area contributed by atoms with Gasteiger partial charge in [0.2, 0.25) is 5.91 Å². The first kappa shape index (κ1) is 15.5. The average molecular weight is 289 g/mol. The van der Waals surface area contributed by atoms with Crippen molar-refractivity contribution in [3.05, 3.63) is 35.9 Å². The third-order valence-corrected chi connectivity index (χ3v) is 3.99. The number of carbonyl (C=O) groups is 2. The van der Waals surface area contributed by atoms with Gasteiger partial charge >= 0.3 is 6.03 Å². The number of benzene rings is 1. The molecule has 5 nitrogen and oxygen atoms in total. The Morgan fingerprint density at radius 3 is 2.48 bits per heavy atom. The number of piperidine rings is 1. The van der Waals surface area contributed by atoms with E-state index in [0.29, 0.717) is 13.0 Å². The molecule has 0 radical (unpaired) electrons. The smallest absolute Gasteiger partial charge is 0.318 e. The zero-order chi connectivity index (χ0) is 15.1. The summed E-state index contributed by atoms with van der Waals surface area (Å²) in [7, 11) is 0. The molecule has 0 spiro atoms. The number of hydrogen-bond acceptors (Lipinski definition) is 3. The largest absolute Gasteiger partial charge is 0.351 e. The molecule has 3 amide bonds. The zero-order valence-electron chi connectivity index (χ0n) is 12.3. The summed E-state index contributed by atoms with van der Waals surface area (Å²) in [6.07, 6.45) is 3.78. The van der Waals surface area contributed by atoms with Crippen molar-refractivity contribution in [2.45, 2.75) is 25.7 Å². The minimum atomic E-state index is -0.776. The Morgan fingerprint density at radius 1 is 1.19 bits per heavy atom. The number of nitrogens with one attached hydrogen (secondary N) is 1. The number of hydrogen-bond donors (Lipinski definition) is 2. The monoisotopic (exact) mass is 289 g/mol. The quantitative estimate of drug-likeness (QED) is 0.863. The van der Waals surface area contributed by atoms with Crippen molar-refractivity contribution in [3.8, 4) is 0 Å². The molecule has 1 aromatic carbocycles. The van der Waals surface area contributed by atoms with Crippen LogP contribution in [0.3, 0.4) is 0 Å². The highest BCUT2D eigenvalue weighted by Crippen LogP contribution is 2.21.